The summed E-state index contributed by atoms with van der Waals surface area (Å²) in [6.07, 6.45) is -4.31. The smallest absolute Gasteiger partial charge is 0.393 e. The predicted molar refractivity (Wildman–Crippen MR) is 50.8 cm³/mol. The highest BCUT2D eigenvalue weighted by Crippen LogP contribution is 2.20. The minimum absolute atomic E-state index is 0.0448. The highest BCUT2D eigenvalue weighted by atomic mass is 19.4. The maximum absolute atomic E-state index is 11.8. The number of alkyl halides is 3. The first-order chi connectivity index (χ1) is 7.29. The fourth-order valence-corrected chi connectivity index (χ4v) is 1.65. The van der Waals surface area contributed by atoms with Gasteiger partial charge in [-0.1, -0.05) is 0 Å². The van der Waals surface area contributed by atoms with E-state index in [9.17, 15) is 23.1 Å². The van der Waals surface area contributed by atoms with Crippen LogP contribution in [0.3, 0.4) is 0 Å². The summed E-state index contributed by atoms with van der Waals surface area (Å²) < 4.78 is 35.5. The van der Waals surface area contributed by atoms with Crippen LogP contribution in [0.5, 0.6) is 0 Å². The second kappa shape index (κ2) is 4.90. The first-order valence-electron chi connectivity index (χ1n) is 5.07. The molecule has 2 atom stereocenters. The Morgan fingerprint density at radius 3 is 2.69 bits per heavy atom. The van der Waals surface area contributed by atoms with Crippen molar-refractivity contribution in [2.75, 3.05) is 19.6 Å². The molecule has 0 spiro atoms. The van der Waals surface area contributed by atoms with E-state index >= 15 is 0 Å². The summed E-state index contributed by atoms with van der Waals surface area (Å²) in [7, 11) is 0. The van der Waals surface area contributed by atoms with Gasteiger partial charge in [-0.05, 0) is 13.3 Å². The van der Waals surface area contributed by atoms with Crippen LogP contribution in [-0.4, -0.2) is 48.0 Å². The molecule has 0 radical (unpaired) electrons. The van der Waals surface area contributed by atoms with Crippen LogP contribution in [-0.2, 0) is 0 Å². The molecule has 1 aliphatic rings. The van der Waals surface area contributed by atoms with Crippen LogP contribution >= 0.6 is 0 Å². The summed E-state index contributed by atoms with van der Waals surface area (Å²) in [5, 5.41) is 11.1. The Labute approximate surface area is 91.4 Å². The molecule has 4 nitrogen and oxygen atoms in total. The molecule has 0 aromatic heterocycles. The largest absolute Gasteiger partial charge is 0.405 e. The molecule has 2 N–H and O–H groups in total. The van der Waals surface area contributed by atoms with Gasteiger partial charge in [0.25, 0.3) is 0 Å². The van der Waals surface area contributed by atoms with Crippen LogP contribution in [0.1, 0.15) is 13.3 Å². The lowest BCUT2D eigenvalue weighted by Crippen LogP contribution is -2.43. The molecule has 7 heteroatoms. The zero-order valence-electron chi connectivity index (χ0n) is 8.92. The number of carbonyl (C=O) groups is 1. The van der Waals surface area contributed by atoms with E-state index in [0.717, 1.165) is 0 Å². The monoisotopic (exact) mass is 240 g/mol. The van der Waals surface area contributed by atoms with Crippen molar-refractivity contribution in [1.29, 1.82) is 0 Å². The van der Waals surface area contributed by atoms with Crippen molar-refractivity contribution in [2.45, 2.75) is 25.6 Å². The average Bonchev–Trinajstić information content (AvgIpc) is 2.61. The Morgan fingerprint density at radius 2 is 2.25 bits per heavy atom. The maximum atomic E-state index is 11.8. The summed E-state index contributed by atoms with van der Waals surface area (Å²) in [5.74, 6) is -0.0448. The van der Waals surface area contributed by atoms with Crippen LogP contribution in [0.4, 0.5) is 18.0 Å². The number of rotatable bonds is 2. The van der Waals surface area contributed by atoms with Gasteiger partial charge in [-0.2, -0.15) is 13.2 Å². The molecule has 2 unspecified atom stereocenters. The fraction of sp³-hybridized carbons (Fsp3) is 0.889. The molecule has 0 bridgehead atoms. The van der Waals surface area contributed by atoms with Crippen LogP contribution in [0.25, 0.3) is 0 Å². The molecule has 0 aromatic rings. The zero-order valence-corrected chi connectivity index (χ0v) is 8.92. The number of carbonyl (C=O) groups excluding carboxylic acids is 1. The number of hydrogen-bond acceptors (Lipinski definition) is 2. The van der Waals surface area contributed by atoms with E-state index in [1.165, 1.54) is 4.90 Å². The van der Waals surface area contributed by atoms with Gasteiger partial charge >= 0.3 is 12.2 Å². The second-order valence-corrected chi connectivity index (χ2v) is 4.01. The van der Waals surface area contributed by atoms with Crippen molar-refractivity contribution in [2.24, 2.45) is 5.92 Å². The summed E-state index contributed by atoms with van der Waals surface area (Å²) >= 11 is 0. The predicted octanol–water partition coefficient (Wildman–Crippen LogP) is 0.961. The Kier molecular flexibility index (Phi) is 4.01. The molecule has 2 amide bonds. The number of nitrogens with one attached hydrogen (secondary N) is 1. The highest BCUT2D eigenvalue weighted by Gasteiger charge is 2.32. The Balaban J connectivity index is 2.34. The van der Waals surface area contributed by atoms with E-state index in [2.05, 4.69) is 0 Å². The lowest BCUT2D eigenvalue weighted by molar-refractivity contribution is -0.123. The molecule has 0 saturated carbocycles. The molecule has 16 heavy (non-hydrogen) atoms. The fourth-order valence-electron chi connectivity index (χ4n) is 1.65. The van der Waals surface area contributed by atoms with E-state index in [1.54, 1.807) is 12.2 Å². The van der Waals surface area contributed by atoms with Crippen LogP contribution in [0.15, 0.2) is 0 Å². The SMILES string of the molecule is CC(O)C1CCN(C(=O)NCC(F)(F)F)C1. The minimum atomic E-state index is -4.39. The summed E-state index contributed by atoms with van der Waals surface area (Å²) in [4.78, 5) is 12.6. The molecular weight excluding hydrogens is 225 g/mol. The van der Waals surface area contributed by atoms with Gasteiger partial charge in [-0.25, -0.2) is 4.79 Å². The highest BCUT2D eigenvalue weighted by molar-refractivity contribution is 5.74. The van der Waals surface area contributed by atoms with E-state index in [0.29, 0.717) is 19.5 Å². The number of urea groups is 1. The van der Waals surface area contributed by atoms with Crippen molar-refractivity contribution >= 4 is 6.03 Å². The molecule has 0 aliphatic carbocycles. The van der Waals surface area contributed by atoms with E-state index < -0.39 is 24.9 Å². The van der Waals surface area contributed by atoms with Crippen molar-refractivity contribution in [3.05, 3.63) is 0 Å². The van der Waals surface area contributed by atoms with E-state index in [4.69, 9.17) is 0 Å². The van der Waals surface area contributed by atoms with Gasteiger partial charge in [0, 0.05) is 19.0 Å². The van der Waals surface area contributed by atoms with E-state index in [1.807, 2.05) is 0 Å². The number of amides is 2. The topological polar surface area (TPSA) is 52.6 Å². The molecule has 1 saturated heterocycles. The van der Waals surface area contributed by atoms with Gasteiger partial charge in [0.1, 0.15) is 6.54 Å². The Morgan fingerprint density at radius 1 is 1.62 bits per heavy atom. The lowest BCUT2D eigenvalue weighted by atomic mass is 10.0. The molecular formula is C9H15F3N2O2. The molecule has 1 aliphatic heterocycles. The normalized spacial score (nSPS) is 23.3. The summed E-state index contributed by atoms with van der Waals surface area (Å²) in [6, 6.07) is -0.722. The first kappa shape index (κ1) is 13.1. The first-order valence-corrected chi connectivity index (χ1v) is 5.07. The summed E-state index contributed by atoms with van der Waals surface area (Å²) in [5.41, 5.74) is 0. The molecule has 0 aromatic carbocycles. The van der Waals surface area contributed by atoms with Gasteiger partial charge in [0.2, 0.25) is 0 Å². The van der Waals surface area contributed by atoms with E-state index in [-0.39, 0.29) is 5.92 Å². The van der Waals surface area contributed by atoms with Gasteiger partial charge in [0.05, 0.1) is 6.10 Å². The number of likely N-dealkylation sites (tertiary alicyclic amines) is 1. The standard InChI is InChI=1S/C9H15F3N2O2/c1-6(15)7-2-3-14(4-7)8(16)13-5-9(10,11)12/h6-7,15H,2-5H2,1H3,(H,13,16). The maximum Gasteiger partial charge on any atom is 0.405 e. The third kappa shape index (κ3) is 3.88. The van der Waals surface area contributed by atoms with Gasteiger partial charge in [-0.15, -0.1) is 0 Å². The Hall–Kier alpha value is -0.980. The van der Waals surface area contributed by atoms with Crippen molar-refractivity contribution in [3.8, 4) is 0 Å². The quantitative estimate of drug-likeness (QED) is 0.755. The number of aliphatic hydroxyl groups is 1. The molecule has 94 valence electrons. The average molecular weight is 240 g/mol. The van der Waals surface area contributed by atoms with Crippen LogP contribution < -0.4 is 5.32 Å². The number of halogens is 3. The van der Waals surface area contributed by atoms with Gasteiger partial charge in [-0.3, -0.25) is 0 Å². The molecule has 1 fully saturated rings. The number of hydrogen-bond donors (Lipinski definition) is 2. The zero-order chi connectivity index (χ0) is 12.3. The van der Waals surface area contributed by atoms with Gasteiger partial charge < -0.3 is 15.3 Å². The van der Waals surface area contributed by atoms with Gasteiger partial charge in [0.15, 0.2) is 0 Å². The van der Waals surface area contributed by atoms with Crippen LogP contribution in [0.2, 0.25) is 0 Å². The lowest BCUT2D eigenvalue weighted by Gasteiger charge is -2.18. The number of nitrogens with zero attached hydrogens (tertiary/aromatic N) is 1. The molecule has 1 rings (SSSR count). The third-order valence-corrected chi connectivity index (χ3v) is 2.63. The molecule has 1 heterocycles. The van der Waals surface area contributed by atoms with Crippen molar-refractivity contribution in [1.82, 2.24) is 10.2 Å². The van der Waals surface area contributed by atoms with Crippen LogP contribution in [0, 0.1) is 5.92 Å². The summed E-state index contributed by atoms with van der Waals surface area (Å²) in [6.45, 7) is 0.990. The number of aliphatic hydroxyl groups excluding tert-OH is 1. The Bertz CT molecular complexity index is 256. The van der Waals surface area contributed by atoms with Crippen molar-refractivity contribution in [3.63, 3.8) is 0 Å². The second-order valence-electron chi connectivity index (χ2n) is 4.01. The minimum Gasteiger partial charge on any atom is -0.393 e. The van der Waals surface area contributed by atoms with Crippen molar-refractivity contribution < 1.29 is 23.1 Å². The third-order valence-electron chi connectivity index (χ3n) is 2.63.